The van der Waals surface area contributed by atoms with Crippen molar-refractivity contribution in [2.45, 2.75) is 25.4 Å². The second kappa shape index (κ2) is 9.48. The summed E-state index contributed by atoms with van der Waals surface area (Å²) in [6.07, 6.45) is 3.55. The van der Waals surface area contributed by atoms with Crippen LogP contribution in [0.15, 0.2) is 42.6 Å². The van der Waals surface area contributed by atoms with E-state index in [-0.39, 0.29) is 11.9 Å². The van der Waals surface area contributed by atoms with Crippen LogP contribution in [-0.2, 0) is 11.3 Å². The summed E-state index contributed by atoms with van der Waals surface area (Å²) >= 11 is 0. The van der Waals surface area contributed by atoms with Crippen LogP contribution in [0.25, 0.3) is 11.1 Å². The minimum absolute atomic E-state index is 0.103. The third-order valence-corrected chi connectivity index (χ3v) is 5.87. The van der Waals surface area contributed by atoms with Gasteiger partial charge in [0.2, 0.25) is 0 Å². The molecule has 0 aliphatic carbocycles. The number of nitrogens with zero attached hydrogens (tertiary/aromatic N) is 3. The lowest BCUT2D eigenvalue weighted by Gasteiger charge is -2.32. The maximum atomic E-state index is 12.5. The van der Waals surface area contributed by atoms with Crippen LogP contribution in [0.5, 0.6) is 0 Å². The van der Waals surface area contributed by atoms with Gasteiger partial charge in [0.25, 0.3) is 5.91 Å². The fourth-order valence-electron chi connectivity index (χ4n) is 3.98. The van der Waals surface area contributed by atoms with E-state index < -0.39 is 0 Å². The Morgan fingerprint density at radius 3 is 2.59 bits per heavy atom. The fraction of sp³-hybridized carbons (Fsp3) is 0.478. The van der Waals surface area contributed by atoms with Crippen molar-refractivity contribution in [2.24, 2.45) is 0 Å². The summed E-state index contributed by atoms with van der Waals surface area (Å²) in [6.45, 7) is 6.77. The highest BCUT2D eigenvalue weighted by Gasteiger charge is 2.19. The molecule has 1 amide bonds. The molecule has 154 valence electrons. The molecule has 2 aliphatic rings. The molecule has 1 aromatic carbocycles. The number of aromatic nitrogens is 1. The summed E-state index contributed by atoms with van der Waals surface area (Å²) in [5, 5.41) is 3.07. The average molecular weight is 395 g/mol. The highest BCUT2D eigenvalue weighted by atomic mass is 16.5. The van der Waals surface area contributed by atoms with Crippen LogP contribution in [-0.4, -0.2) is 73.2 Å². The van der Waals surface area contributed by atoms with Crippen LogP contribution >= 0.6 is 0 Å². The predicted molar refractivity (Wildman–Crippen MR) is 114 cm³/mol. The Balaban J connectivity index is 1.44. The Morgan fingerprint density at radius 1 is 1.10 bits per heavy atom. The largest absolute Gasteiger partial charge is 0.381 e. The smallest absolute Gasteiger partial charge is 0.270 e. The van der Waals surface area contributed by atoms with E-state index in [1.54, 1.807) is 0 Å². The minimum atomic E-state index is -0.103. The number of carbonyl (C=O) groups excluding carboxylic acids is 1. The van der Waals surface area contributed by atoms with Crippen molar-refractivity contribution in [3.05, 3.63) is 53.9 Å². The van der Waals surface area contributed by atoms with Crippen LogP contribution in [0.4, 0.5) is 0 Å². The summed E-state index contributed by atoms with van der Waals surface area (Å²) in [5.41, 5.74) is 4.02. The van der Waals surface area contributed by atoms with Crippen molar-refractivity contribution in [3.8, 4) is 11.1 Å². The summed E-state index contributed by atoms with van der Waals surface area (Å²) in [5.74, 6) is -0.103. The van der Waals surface area contributed by atoms with Gasteiger partial charge < -0.3 is 15.0 Å². The van der Waals surface area contributed by atoms with Gasteiger partial charge in [-0.1, -0.05) is 30.3 Å². The van der Waals surface area contributed by atoms with E-state index in [1.807, 2.05) is 18.3 Å². The number of piperazine rings is 1. The summed E-state index contributed by atoms with van der Waals surface area (Å²) in [6, 6.07) is 12.5. The lowest BCUT2D eigenvalue weighted by atomic mass is 10.00. The zero-order chi connectivity index (χ0) is 20.1. The Kier molecular flexibility index (Phi) is 6.54. The van der Waals surface area contributed by atoms with Gasteiger partial charge in [-0.05, 0) is 37.1 Å². The van der Waals surface area contributed by atoms with Crippen molar-refractivity contribution in [1.29, 1.82) is 0 Å². The third kappa shape index (κ3) is 5.21. The molecule has 6 heteroatoms. The molecule has 0 unspecified atom stereocenters. The Bertz CT molecular complexity index is 810. The van der Waals surface area contributed by atoms with E-state index in [2.05, 4.69) is 51.4 Å². The number of carbonyl (C=O) groups is 1. The van der Waals surface area contributed by atoms with Gasteiger partial charge in [-0.3, -0.25) is 14.7 Å². The maximum absolute atomic E-state index is 12.5. The van der Waals surface area contributed by atoms with E-state index in [0.29, 0.717) is 18.9 Å². The van der Waals surface area contributed by atoms with Crippen molar-refractivity contribution in [2.75, 3.05) is 46.4 Å². The zero-order valence-electron chi connectivity index (χ0n) is 17.1. The number of ether oxygens (including phenoxy) is 1. The van der Waals surface area contributed by atoms with Crippen molar-refractivity contribution in [1.82, 2.24) is 20.1 Å². The van der Waals surface area contributed by atoms with Gasteiger partial charge in [-0.2, -0.15) is 0 Å². The topological polar surface area (TPSA) is 57.7 Å². The summed E-state index contributed by atoms with van der Waals surface area (Å²) < 4.78 is 5.35. The second-order valence-corrected chi connectivity index (χ2v) is 8.03. The monoisotopic (exact) mass is 394 g/mol. The third-order valence-electron chi connectivity index (χ3n) is 5.87. The van der Waals surface area contributed by atoms with E-state index in [4.69, 9.17) is 4.74 Å². The molecule has 2 fully saturated rings. The molecule has 3 heterocycles. The Morgan fingerprint density at radius 2 is 1.86 bits per heavy atom. The number of hydrogen-bond donors (Lipinski definition) is 1. The average Bonchev–Trinajstić information content (AvgIpc) is 2.77. The number of pyridine rings is 1. The van der Waals surface area contributed by atoms with E-state index in [0.717, 1.165) is 51.1 Å². The van der Waals surface area contributed by atoms with Gasteiger partial charge in [0.05, 0.1) is 0 Å². The summed E-state index contributed by atoms with van der Waals surface area (Å²) in [4.78, 5) is 21.8. The van der Waals surface area contributed by atoms with Gasteiger partial charge in [-0.15, -0.1) is 0 Å². The first kappa shape index (κ1) is 20.0. The van der Waals surface area contributed by atoms with Crippen molar-refractivity contribution in [3.63, 3.8) is 0 Å². The quantitative estimate of drug-likeness (QED) is 0.844. The van der Waals surface area contributed by atoms with Gasteiger partial charge >= 0.3 is 0 Å². The molecule has 0 spiro atoms. The van der Waals surface area contributed by atoms with Gasteiger partial charge in [0.1, 0.15) is 5.69 Å². The molecule has 2 aliphatic heterocycles. The number of benzene rings is 1. The fourth-order valence-corrected chi connectivity index (χ4v) is 3.98. The second-order valence-electron chi connectivity index (χ2n) is 8.03. The normalized spacial score (nSPS) is 19.2. The highest BCUT2D eigenvalue weighted by molar-refractivity contribution is 5.92. The predicted octanol–water partition coefficient (Wildman–Crippen LogP) is 2.40. The molecule has 4 rings (SSSR count). The Labute approximate surface area is 172 Å². The molecule has 2 aromatic rings. The molecule has 1 N–H and O–H groups in total. The molecular formula is C23H30N4O2. The highest BCUT2D eigenvalue weighted by Crippen LogP contribution is 2.25. The number of likely N-dealkylation sites (N-methyl/N-ethyl adjacent to an activating group) is 1. The van der Waals surface area contributed by atoms with Crippen LogP contribution in [0.1, 0.15) is 28.9 Å². The molecule has 6 nitrogen and oxygen atoms in total. The molecule has 0 atom stereocenters. The van der Waals surface area contributed by atoms with Crippen molar-refractivity contribution >= 4 is 5.91 Å². The lowest BCUT2D eigenvalue weighted by molar-refractivity contribution is 0.0694. The molecule has 29 heavy (non-hydrogen) atoms. The van der Waals surface area contributed by atoms with E-state index in [1.165, 1.54) is 11.1 Å². The zero-order valence-corrected chi connectivity index (χ0v) is 17.1. The van der Waals surface area contributed by atoms with Gasteiger partial charge in [-0.25, -0.2) is 0 Å². The number of amides is 1. The first-order chi connectivity index (χ1) is 14.2. The first-order valence-electron chi connectivity index (χ1n) is 10.5. The van der Waals surface area contributed by atoms with Crippen LogP contribution in [0.2, 0.25) is 0 Å². The maximum Gasteiger partial charge on any atom is 0.270 e. The lowest BCUT2D eigenvalue weighted by Crippen LogP contribution is -2.43. The number of rotatable bonds is 5. The van der Waals surface area contributed by atoms with Gasteiger partial charge in [0, 0.05) is 63.7 Å². The molecule has 1 aromatic heterocycles. The number of hydrogen-bond acceptors (Lipinski definition) is 5. The SMILES string of the molecule is CN1CCN(Cc2ccccc2-c2ccc(C(=O)NC3CCOCC3)nc2)CC1. The molecular weight excluding hydrogens is 364 g/mol. The molecule has 0 bridgehead atoms. The molecule has 0 saturated carbocycles. The molecule has 2 saturated heterocycles. The summed E-state index contributed by atoms with van der Waals surface area (Å²) in [7, 11) is 2.18. The van der Waals surface area contributed by atoms with E-state index >= 15 is 0 Å². The van der Waals surface area contributed by atoms with Crippen LogP contribution in [0.3, 0.4) is 0 Å². The van der Waals surface area contributed by atoms with Gasteiger partial charge in [0.15, 0.2) is 0 Å². The Hall–Kier alpha value is -2.28. The minimum Gasteiger partial charge on any atom is -0.381 e. The van der Waals surface area contributed by atoms with Crippen molar-refractivity contribution < 1.29 is 9.53 Å². The van der Waals surface area contributed by atoms with Crippen LogP contribution < -0.4 is 5.32 Å². The van der Waals surface area contributed by atoms with E-state index in [9.17, 15) is 4.79 Å². The first-order valence-corrected chi connectivity index (χ1v) is 10.5. The van der Waals surface area contributed by atoms with Crippen LogP contribution in [0, 0.1) is 0 Å². The molecule has 0 radical (unpaired) electrons. The standard InChI is InChI=1S/C23H30N4O2/c1-26-10-12-27(13-11-26)17-19-4-2-3-5-21(19)18-6-7-22(24-16-18)23(28)25-20-8-14-29-15-9-20/h2-7,16,20H,8-15,17H2,1H3,(H,25,28). The number of nitrogens with one attached hydrogen (secondary N) is 1.